The molecule has 2 aromatic heterocycles. The molecule has 2 rings (SSSR count). The number of thiazole rings is 1. The fourth-order valence-corrected chi connectivity index (χ4v) is 2.54. The average Bonchev–Trinajstić information content (AvgIpc) is 2.92. The average molecular weight is 322 g/mol. The molecule has 2 N–H and O–H groups in total. The van der Waals surface area contributed by atoms with Crippen molar-refractivity contribution in [3.05, 3.63) is 33.7 Å². The summed E-state index contributed by atoms with van der Waals surface area (Å²) in [6.07, 6.45) is 0. The SMILES string of the molecule is COCc1cc(NCc2nc(CO)cs2)nc(C(C)(C)C)n1. The smallest absolute Gasteiger partial charge is 0.136 e. The molecule has 0 unspecified atom stereocenters. The summed E-state index contributed by atoms with van der Waals surface area (Å²) in [5.74, 6) is 1.53. The van der Waals surface area contributed by atoms with Gasteiger partial charge in [-0.3, -0.25) is 0 Å². The Morgan fingerprint density at radius 2 is 2.00 bits per heavy atom. The summed E-state index contributed by atoms with van der Waals surface area (Å²) in [5, 5.41) is 15.1. The molecule has 0 fully saturated rings. The van der Waals surface area contributed by atoms with E-state index < -0.39 is 0 Å². The monoisotopic (exact) mass is 322 g/mol. The lowest BCUT2D eigenvalue weighted by molar-refractivity contribution is 0.181. The normalized spacial score (nSPS) is 11.7. The van der Waals surface area contributed by atoms with Gasteiger partial charge in [0.25, 0.3) is 0 Å². The zero-order valence-electron chi connectivity index (χ0n) is 13.4. The maximum absolute atomic E-state index is 9.05. The van der Waals surface area contributed by atoms with E-state index in [0.29, 0.717) is 18.8 Å². The number of nitrogens with one attached hydrogen (secondary N) is 1. The van der Waals surface area contributed by atoms with E-state index in [1.54, 1.807) is 7.11 Å². The second-order valence-electron chi connectivity index (χ2n) is 6.00. The van der Waals surface area contributed by atoms with Gasteiger partial charge < -0.3 is 15.2 Å². The van der Waals surface area contributed by atoms with E-state index in [1.807, 2.05) is 11.4 Å². The zero-order valence-corrected chi connectivity index (χ0v) is 14.2. The first kappa shape index (κ1) is 16.8. The molecular weight excluding hydrogens is 300 g/mol. The lowest BCUT2D eigenvalue weighted by atomic mass is 9.95. The summed E-state index contributed by atoms with van der Waals surface area (Å²) in [5.41, 5.74) is 1.41. The second-order valence-corrected chi connectivity index (χ2v) is 6.94. The van der Waals surface area contributed by atoms with Gasteiger partial charge in [0.1, 0.15) is 16.6 Å². The summed E-state index contributed by atoms with van der Waals surface area (Å²) < 4.78 is 5.18. The quantitative estimate of drug-likeness (QED) is 0.850. The molecule has 6 nitrogen and oxygen atoms in total. The molecule has 0 aromatic carbocycles. The lowest BCUT2D eigenvalue weighted by Crippen LogP contribution is -2.18. The van der Waals surface area contributed by atoms with Gasteiger partial charge in [0, 0.05) is 24.0 Å². The Labute approximate surface area is 134 Å². The van der Waals surface area contributed by atoms with Crippen LogP contribution in [-0.2, 0) is 29.9 Å². The Morgan fingerprint density at radius 1 is 1.23 bits per heavy atom. The molecule has 120 valence electrons. The minimum Gasteiger partial charge on any atom is -0.390 e. The van der Waals surface area contributed by atoms with Crippen LogP contribution >= 0.6 is 11.3 Å². The molecular formula is C15H22N4O2S. The number of hydrogen-bond donors (Lipinski definition) is 2. The van der Waals surface area contributed by atoms with Crippen LogP contribution in [0.15, 0.2) is 11.4 Å². The number of methoxy groups -OCH3 is 1. The van der Waals surface area contributed by atoms with Gasteiger partial charge in [0.05, 0.1) is 31.1 Å². The van der Waals surface area contributed by atoms with Crippen LogP contribution in [0.3, 0.4) is 0 Å². The van der Waals surface area contributed by atoms with Gasteiger partial charge >= 0.3 is 0 Å². The molecule has 22 heavy (non-hydrogen) atoms. The molecule has 0 saturated heterocycles. The first-order chi connectivity index (χ1) is 10.4. The number of aliphatic hydroxyl groups is 1. The van der Waals surface area contributed by atoms with Crippen LogP contribution < -0.4 is 5.32 Å². The highest BCUT2D eigenvalue weighted by molar-refractivity contribution is 7.09. The van der Waals surface area contributed by atoms with Crippen molar-refractivity contribution < 1.29 is 9.84 Å². The number of nitrogens with zero attached hydrogens (tertiary/aromatic N) is 3. The van der Waals surface area contributed by atoms with E-state index in [2.05, 4.69) is 41.0 Å². The fourth-order valence-electron chi connectivity index (χ4n) is 1.81. The third kappa shape index (κ3) is 4.46. The van der Waals surface area contributed by atoms with Crippen molar-refractivity contribution in [1.82, 2.24) is 15.0 Å². The Bertz CT molecular complexity index is 622. The standard InChI is InChI=1S/C15H22N4O2S/c1-15(2,3)14-18-10(8-21-4)5-12(19-14)16-6-13-17-11(7-20)9-22-13/h5,9,20H,6-8H2,1-4H3,(H,16,18,19). The Morgan fingerprint density at radius 3 is 2.59 bits per heavy atom. The fraction of sp³-hybridized carbons (Fsp3) is 0.533. The van der Waals surface area contributed by atoms with Crippen molar-refractivity contribution in [2.45, 2.75) is 45.9 Å². The summed E-state index contributed by atoms with van der Waals surface area (Å²) >= 11 is 1.52. The Hall–Kier alpha value is -1.57. The summed E-state index contributed by atoms with van der Waals surface area (Å²) in [4.78, 5) is 13.4. The number of ether oxygens (including phenoxy) is 1. The molecule has 2 aromatic rings. The largest absolute Gasteiger partial charge is 0.390 e. The van der Waals surface area contributed by atoms with Gasteiger partial charge in [-0.25, -0.2) is 15.0 Å². The van der Waals surface area contributed by atoms with Crippen molar-refractivity contribution >= 4 is 17.2 Å². The van der Waals surface area contributed by atoms with Crippen molar-refractivity contribution in [1.29, 1.82) is 0 Å². The molecule has 0 radical (unpaired) electrons. The van der Waals surface area contributed by atoms with Crippen molar-refractivity contribution in [3.8, 4) is 0 Å². The molecule has 2 heterocycles. The van der Waals surface area contributed by atoms with E-state index in [9.17, 15) is 0 Å². The molecule has 7 heteroatoms. The predicted molar refractivity (Wildman–Crippen MR) is 86.8 cm³/mol. The van der Waals surface area contributed by atoms with E-state index in [4.69, 9.17) is 9.84 Å². The molecule has 0 aliphatic rings. The van der Waals surface area contributed by atoms with Crippen LogP contribution in [0.2, 0.25) is 0 Å². The number of rotatable bonds is 6. The van der Waals surface area contributed by atoms with Gasteiger partial charge in [-0.05, 0) is 0 Å². The third-order valence-electron chi connectivity index (χ3n) is 2.92. The maximum atomic E-state index is 9.05. The van der Waals surface area contributed by atoms with Crippen molar-refractivity contribution in [2.75, 3.05) is 12.4 Å². The van der Waals surface area contributed by atoms with Crippen molar-refractivity contribution in [2.24, 2.45) is 0 Å². The summed E-state index contributed by atoms with van der Waals surface area (Å²) in [6.45, 7) is 7.23. The Balaban J connectivity index is 2.16. The highest BCUT2D eigenvalue weighted by Gasteiger charge is 2.19. The summed E-state index contributed by atoms with van der Waals surface area (Å²) in [6, 6.07) is 1.89. The van der Waals surface area contributed by atoms with E-state index >= 15 is 0 Å². The maximum Gasteiger partial charge on any atom is 0.136 e. The van der Waals surface area contributed by atoms with Gasteiger partial charge in [-0.2, -0.15) is 0 Å². The molecule has 0 atom stereocenters. The second kappa shape index (κ2) is 7.13. The van der Waals surface area contributed by atoms with Crippen molar-refractivity contribution in [3.63, 3.8) is 0 Å². The number of aliphatic hydroxyl groups excluding tert-OH is 1. The van der Waals surface area contributed by atoms with Crippen LogP contribution in [0.4, 0.5) is 5.82 Å². The van der Waals surface area contributed by atoms with E-state index in [0.717, 1.165) is 22.3 Å². The van der Waals surface area contributed by atoms with E-state index in [-0.39, 0.29) is 12.0 Å². The molecule has 0 amide bonds. The molecule has 0 bridgehead atoms. The molecule has 0 aliphatic carbocycles. The summed E-state index contributed by atoms with van der Waals surface area (Å²) in [7, 11) is 1.65. The molecule has 0 saturated carbocycles. The van der Waals surface area contributed by atoms with Crippen LogP contribution in [0.1, 0.15) is 43.0 Å². The number of aromatic nitrogens is 3. The van der Waals surface area contributed by atoms with Crippen LogP contribution in [-0.4, -0.2) is 27.2 Å². The zero-order chi connectivity index (χ0) is 16.2. The third-order valence-corrected chi connectivity index (χ3v) is 3.82. The Kier molecular flexibility index (Phi) is 5.44. The first-order valence-electron chi connectivity index (χ1n) is 7.07. The highest BCUT2D eigenvalue weighted by atomic mass is 32.1. The van der Waals surface area contributed by atoms with Crippen LogP contribution in [0.25, 0.3) is 0 Å². The van der Waals surface area contributed by atoms with Gasteiger partial charge in [0.2, 0.25) is 0 Å². The topological polar surface area (TPSA) is 80.2 Å². The molecule has 0 spiro atoms. The van der Waals surface area contributed by atoms with Gasteiger partial charge in [0.15, 0.2) is 0 Å². The van der Waals surface area contributed by atoms with Gasteiger partial charge in [-0.1, -0.05) is 20.8 Å². The number of hydrogen-bond acceptors (Lipinski definition) is 7. The van der Waals surface area contributed by atoms with Crippen LogP contribution in [0.5, 0.6) is 0 Å². The van der Waals surface area contributed by atoms with E-state index in [1.165, 1.54) is 11.3 Å². The lowest BCUT2D eigenvalue weighted by Gasteiger charge is -2.18. The van der Waals surface area contributed by atoms with Gasteiger partial charge in [-0.15, -0.1) is 11.3 Å². The predicted octanol–water partition coefficient (Wildman–Crippen LogP) is 2.48. The number of anilines is 1. The minimum absolute atomic E-state index is 0.0316. The minimum atomic E-state index is -0.134. The highest BCUT2D eigenvalue weighted by Crippen LogP contribution is 2.21. The van der Waals surface area contributed by atoms with Crippen LogP contribution in [0, 0.1) is 0 Å². The first-order valence-corrected chi connectivity index (χ1v) is 7.95. The molecule has 0 aliphatic heterocycles.